The number of nitro groups is 1. The van der Waals surface area contributed by atoms with Crippen LogP contribution in [0.2, 0.25) is 0 Å². The zero-order valence-corrected chi connectivity index (χ0v) is 20.9. The number of hydrogen-bond acceptors (Lipinski definition) is 10. The molecule has 0 atom stereocenters. The van der Waals surface area contributed by atoms with Crippen LogP contribution in [0.5, 0.6) is 0 Å². The van der Waals surface area contributed by atoms with Crippen molar-refractivity contribution < 1.29 is 26.9 Å². The number of morpholine rings is 1. The Hall–Kier alpha value is -4.36. The smallest absolute Gasteiger partial charge is 0.401 e. The molecule has 0 aliphatic carbocycles. The third-order valence-electron chi connectivity index (χ3n) is 5.87. The Balaban J connectivity index is 1.56. The van der Waals surface area contributed by atoms with Gasteiger partial charge in [-0.25, -0.2) is 22.8 Å². The molecule has 0 spiro atoms. The Labute approximate surface area is 216 Å². The molecule has 3 heterocycles. The fourth-order valence-electron chi connectivity index (χ4n) is 3.98. The van der Waals surface area contributed by atoms with Crippen LogP contribution in [-0.2, 0) is 14.6 Å². The summed E-state index contributed by atoms with van der Waals surface area (Å²) in [6.45, 7) is 2.05. The molecule has 0 unspecified atom stereocenters. The van der Waals surface area contributed by atoms with Crippen LogP contribution in [0.1, 0.15) is 11.6 Å². The Bertz CT molecular complexity index is 1650. The van der Waals surface area contributed by atoms with Gasteiger partial charge in [0.05, 0.1) is 35.4 Å². The summed E-state index contributed by atoms with van der Waals surface area (Å²) in [5.74, 6) is -0.0652. The van der Waals surface area contributed by atoms with Crippen LogP contribution in [-0.4, -0.2) is 55.9 Å². The lowest BCUT2D eigenvalue weighted by atomic mass is 10.1. The van der Waals surface area contributed by atoms with Gasteiger partial charge >= 0.3 is 5.88 Å². The van der Waals surface area contributed by atoms with E-state index in [9.17, 15) is 18.5 Å². The maximum atomic E-state index is 15.2. The van der Waals surface area contributed by atoms with Crippen molar-refractivity contribution in [3.05, 3.63) is 76.0 Å². The molecule has 11 nitrogen and oxygen atoms in total. The van der Waals surface area contributed by atoms with Gasteiger partial charge in [0.2, 0.25) is 0 Å². The van der Waals surface area contributed by atoms with E-state index in [2.05, 4.69) is 15.3 Å². The molecular formula is C25H22FN5O6S. The van der Waals surface area contributed by atoms with Crippen LogP contribution in [0.25, 0.3) is 23.1 Å². The minimum Gasteiger partial charge on any atom is -0.401 e. The second kappa shape index (κ2) is 10.2. The second-order valence-corrected chi connectivity index (χ2v) is 10.6. The summed E-state index contributed by atoms with van der Waals surface area (Å²) in [6, 6.07) is 11.8. The van der Waals surface area contributed by atoms with Gasteiger partial charge in [0.15, 0.2) is 15.7 Å². The molecule has 1 fully saturated rings. The number of nitrogens with one attached hydrogen (secondary N) is 1. The molecule has 0 amide bonds. The number of anilines is 3. The minimum absolute atomic E-state index is 0.160. The van der Waals surface area contributed by atoms with Gasteiger partial charge in [0.25, 0.3) is 0 Å². The molecule has 2 aromatic carbocycles. The minimum atomic E-state index is -3.37. The lowest BCUT2D eigenvalue weighted by Crippen LogP contribution is -2.36. The summed E-state index contributed by atoms with van der Waals surface area (Å²) >= 11 is 0. The molecule has 5 rings (SSSR count). The standard InChI is InChI=1S/C25H22FN5O6S/c1-38(34,35)18-6-2-16(3-7-18)27-25-19-14-20(26)22(30-10-12-36-13-11-30)15-21(19)28-23(29-25)8-4-17-5-9-24(37-17)31(32)33/h2-9,14-15H,10-13H2,1H3,(H,27,28,29). The lowest BCUT2D eigenvalue weighted by Gasteiger charge is -2.29. The number of ether oxygens (including phenoxy) is 1. The first-order valence-electron chi connectivity index (χ1n) is 11.5. The van der Waals surface area contributed by atoms with E-state index < -0.39 is 26.5 Å². The summed E-state index contributed by atoms with van der Waals surface area (Å²) in [6.07, 6.45) is 4.14. The third kappa shape index (κ3) is 5.48. The molecule has 1 aliphatic rings. The van der Waals surface area contributed by atoms with Crippen molar-refractivity contribution in [1.29, 1.82) is 0 Å². The number of hydrogen-bond donors (Lipinski definition) is 1. The average Bonchev–Trinajstić information content (AvgIpc) is 3.37. The number of rotatable bonds is 7. The van der Waals surface area contributed by atoms with E-state index in [1.165, 1.54) is 42.5 Å². The van der Waals surface area contributed by atoms with E-state index >= 15 is 4.39 Å². The normalized spacial score (nSPS) is 14.3. The predicted molar refractivity (Wildman–Crippen MR) is 140 cm³/mol. The maximum absolute atomic E-state index is 15.2. The van der Waals surface area contributed by atoms with E-state index in [1.54, 1.807) is 18.2 Å². The summed E-state index contributed by atoms with van der Waals surface area (Å²) in [5, 5.41) is 14.4. The summed E-state index contributed by atoms with van der Waals surface area (Å²) < 4.78 is 49.4. The van der Waals surface area contributed by atoms with Gasteiger partial charge in [-0.15, -0.1) is 0 Å². The molecule has 1 aliphatic heterocycles. The van der Waals surface area contributed by atoms with Gasteiger partial charge in [-0.05, 0) is 54.6 Å². The van der Waals surface area contributed by atoms with Crippen molar-refractivity contribution in [1.82, 2.24) is 9.97 Å². The number of benzene rings is 2. The lowest BCUT2D eigenvalue weighted by molar-refractivity contribution is -0.402. The first-order chi connectivity index (χ1) is 18.2. The molecule has 1 N–H and O–H groups in total. The molecule has 0 saturated carbocycles. The van der Waals surface area contributed by atoms with Crippen molar-refractivity contribution in [3.8, 4) is 0 Å². The molecule has 4 aromatic rings. The molecular weight excluding hydrogens is 517 g/mol. The van der Waals surface area contributed by atoms with Crippen LogP contribution in [0.15, 0.2) is 57.8 Å². The van der Waals surface area contributed by atoms with E-state index in [0.717, 1.165) is 6.26 Å². The largest absolute Gasteiger partial charge is 0.433 e. The Kier molecular flexibility index (Phi) is 6.78. The quantitative estimate of drug-likeness (QED) is 0.265. The molecule has 38 heavy (non-hydrogen) atoms. The Morgan fingerprint density at radius 3 is 2.47 bits per heavy atom. The maximum Gasteiger partial charge on any atom is 0.433 e. The molecule has 1 saturated heterocycles. The highest BCUT2D eigenvalue weighted by Gasteiger charge is 2.19. The van der Waals surface area contributed by atoms with Crippen LogP contribution >= 0.6 is 0 Å². The SMILES string of the molecule is CS(=O)(=O)c1ccc(Nc2nc(C=Cc3ccc([N+](=O)[O-])o3)nc3cc(N4CCOCC4)c(F)cc23)cc1. The summed E-state index contributed by atoms with van der Waals surface area (Å²) in [7, 11) is -3.37. The molecule has 2 aromatic heterocycles. The molecule has 0 radical (unpaired) electrons. The molecule has 13 heteroatoms. The third-order valence-corrected chi connectivity index (χ3v) is 7.00. The Morgan fingerprint density at radius 2 is 1.82 bits per heavy atom. The van der Waals surface area contributed by atoms with Gasteiger partial charge < -0.3 is 19.4 Å². The van der Waals surface area contributed by atoms with Crippen LogP contribution in [0.3, 0.4) is 0 Å². The van der Waals surface area contributed by atoms with E-state index in [4.69, 9.17) is 9.15 Å². The van der Waals surface area contributed by atoms with Crippen LogP contribution < -0.4 is 10.2 Å². The van der Waals surface area contributed by atoms with E-state index in [1.807, 2.05) is 4.90 Å². The Morgan fingerprint density at radius 1 is 1.08 bits per heavy atom. The highest BCUT2D eigenvalue weighted by Crippen LogP contribution is 2.31. The highest BCUT2D eigenvalue weighted by molar-refractivity contribution is 7.90. The number of sulfone groups is 1. The number of nitrogens with zero attached hydrogens (tertiary/aromatic N) is 4. The number of aromatic nitrogens is 2. The first-order valence-corrected chi connectivity index (χ1v) is 13.4. The second-order valence-electron chi connectivity index (χ2n) is 8.54. The number of fused-ring (bicyclic) bond motifs is 1. The van der Waals surface area contributed by atoms with Crippen LogP contribution in [0, 0.1) is 15.9 Å². The van der Waals surface area contributed by atoms with Gasteiger partial charge in [0.1, 0.15) is 22.3 Å². The predicted octanol–water partition coefficient (Wildman–Crippen LogP) is 4.42. The van der Waals surface area contributed by atoms with Crippen molar-refractivity contribution in [3.63, 3.8) is 0 Å². The fraction of sp³-hybridized carbons (Fsp3) is 0.200. The van der Waals surface area contributed by atoms with Gasteiger partial charge in [-0.1, -0.05) is 0 Å². The molecule has 196 valence electrons. The summed E-state index contributed by atoms with van der Waals surface area (Å²) in [4.78, 5) is 21.4. The van der Waals surface area contributed by atoms with E-state index in [0.29, 0.717) is 54.4 Å². The zero-order chi connectivity index (χ0) is 26.9. The van der Waals surface area contributed by atoms with Gasteiger partial charge in [-0.2, -0.15) is 0 Å². The van der Waals surface area contributed by atoms with Gasteiger partial charge in [0, 0.05) is 30.4 Å². The van der Waals surface area contributed by atoms with Crippen molar-refractivity contribution in [2.75, 3.05) is 42.8 Å². The van der Waals surface area contributed by atoms with Crippen molar-refractivity contribution in [2.24, 2.45) is 0 Å². The summed E-state index contributed by atoms with van der Waals surface area (Å²) in [5.41, 5.74) is 1.38. The highest BCUT2D eigenvalue weighted by atomic mass is 32.2. The first kappa shape index (κ1) is 25.3. The van der Waals surface area contributed by atoms with E-state index in [-0.39, 0.29) is 16.5 Å². The van der Waals surface area contributed by atoms with Crippen molar-refractivity contribution >= 4 is 56.0 Å². The number of furan rings is 1. The molecule has 0 bridgehead atoms. The fourth-order valence-corrected chi connectivity index (χ4v) is 4.61. The number of halogens is 1. The van der Waals surface area contributed by atoms with Crippen LogP contribution in [0.4, 0.5) is 27.5 Å². The topological polar surface area (TPSA) is 141 Å². The van der Waals surface area contributed by atoms with Gasteiger partial charge in [-0.3, -0.25) is 10.1 Å². The van der Waals surface area contributed by atoms with Crippen molar-refractivity contribution in [2.45, 2.75) is 4.90 Å². The zero-order valence-electron chi connectivity index (χ0n) is 20.1. The average molecular weight is 540 g/mol. The monoisotopic (exact) mass is 539 g/mol.